The third-order valence-corrected chi connectivity index (χ3v) is 3.97. The van der Waals surface area contributed by atoms with Crippen molar-refractivity contribution in [2.75, 3.05) is 6.67 Å². The third-order valence-electron chi connectivity index (χ3n) is 3.97. The minimum atomic E-state index is -1.26. The van der Waals surface area contributed by atoms with Crippen LogP contribution in [-0.2, 0) is 19.1 Å². The molecule has 2 amide bonds. The van der Waals surface area contributed by atoms with E-state index in [1.54, 1.807) is 60.7 Å². The molecular formula is C19H16N2O6. The fourth-order valence-corrected chi connectivity index (χ4v) is 2.62. The van der Waals surface area contributed by atoms with Gasteiger partial charge in [0.05, 0.1) is 11.1 Å². The molecule has 3 rings (SSSR count). The van der Waals surface area contributed by atoms with Crippen LogP contribution in [0.25, 0.3) is 0 Å². The van der Waals surface area contributed by atoms with E-state index in [2.05, 4.69) is 0 Å². The molecule has 0 N–H and O–H groups in total. The van der Waals surface area contributed by atoms with Crippen LogP contribution < -0.4 is 0 Å². The molecule has 2 atom stereocenters. The molecule has 2 aromatic carbocycles. The second-order valence-corrected chi connectivity index (χ2v) is 5.70. The lowest BCUT2D eigenvalue weighted by Crippen LogP contribution is -2.43. The van der Waals surface area contributed by atoms with E-state index >= 15 is 0 Å². The summed E-state index contributed by atoms with van der Waals surface area (Å²) in [5.41, 5.74) is 0.530. The SMILES string of the molecule is O=CN1CN(C=O)[C@@H](OC(=O)c2ccccc2)[C@H]1OC(=O)c1ccccc1. The highest BCUT2D eigenvalue weighted by Crippen LogP contribution is 2.23. The van der Waals surface area contributed by atoms with Gasteiger partial charge in [-0.3, -0.25) is 19.4 Å². The van der Waals surface area contributed by atoms with E-state index in [-0.39, 0.29) is 17.8 Å². The van der Waals surface area contributed by atoms with Crippen LogP contribution in [0.4, 0.5) is 0 Å². The van der Waals surface area contributed by atoms with E-state index in [0.29, 0.717) is 12.8 Å². The quantitative estimate of drug-likeness (QED) is 0.563. The van der Waals surface area contributed by atoms with Gasteiger partial charge in [0, 0.05) is 0 Å². The summed E-state index contributed by atoms with van der Waals surface area (Å²) in [5, 5.41) is 0. The standard InChI is InChI=1S/C19H16N2O6/c22-12-20-11-21(13-23)17(27-19(25)15-9-5-2-6-10-15)16(20)26-18(24)14-7-3-1-4-8-14/h1-10,12-13,16-17H,11H2/t16-,17+. The fraction of sp³-hybridized carbons (Fsp3) is 0.158. The zero-order chi connectivity index (χ0) is 19.2. The van der Waals surface area contributed by atoms with Gasteiger partial charge in [0.2, 0.25) is 25.3 Å². The van der Waals surface area contributed by atoms with Gasteiger partial charge >= 0.3 is 11.9 Å². The molecule has 27 heavy (non-hydrogen) atoms. The van der Waals surface area contributed by atoms with Crippen molar-refractivity contribution in [3.63, 3.8) is 0 Å². The smallest absolute Gasteiger partial charge is 0.340 e. The Kier molecular flexibility index (Phi) is 5.46. The Morgan fingerprint density at radius 2 is 1.11 bits per heavy atom. The zero-order valence-electron chi connectivity index (χ0n) is 14.1. The summed E-state index contributed by atoms with van der Waals surface area (Å²) in [6.07, 6.45) is -1.66. The number of esters is 2. The second kappa shape index (κ2) is 8.13. The zero-order valence-corrected chi connectivity index (χ0v) is 14.1. The topological polar surface area (TPSA) is 93.2 Å². The molecule has 8 heteroatoms. The highest BCUT2D eigenvalue weighted by molar-refractivity contribution is 5.90. The molecule has 0 spiro atoms. The average Bonchev–Trinajstić information content (AvgIpc) is 3.05. The van der Waals surface area contributed by atoms with Crippen LogP contribution in [0.5, 0.6) is 0 Å². The highest BCUT2D eigenvalue weighted by Gasteiger charge is 2.45. The third kappa shape index (κ3) is 3.95. The van der Waals surface area contributed by atoms with Gasteiger partial charge in [0.25, 0.3) is 0 Å². The number of carbonyl (C=O) groups excluding carboxylic acids is 4. The van der Waals surface area contributed by atoms with Crippen LogP contribution in [0.15, 0.2) is 60.7 Å². The first-order valence-corrected chi connectivity index (χ1v) is 8.08. The first kappa shape index (κ1) is 18.1. The normalized spacial score (nSPS) is 18.7. The average molecular weight is 368 g/mol. The molecule has 8 nitrogen and oxygen atoms in total. The summed E-state index contributed by atoms with van der Waals surface area (Å²) in [4.78, 5) is 49.5. The van der Waals surface area contributed by atoms with Crippen LogP contribution in [-0.4, -0.2) is 53.7 Å². The van der Waals surface area contributed by atoms with Crippen molar-refractivity contribution >= 4 is 24.8 Å². The molecule has 0 bridgehead atoms. The number of amides is 2. The van der Waals surface area contributed by atoms with Crippen LogP contribution in [0.2, 0.25) is 0 Å². The molecule has 138 valence electrons. The maximum atomic E-state index is 12.3. The van der Waals surface area contributed by atoms with Crippen LogP contribution in [0.3, 0.4) is 0 Å². The molecule has 1 aliphatic rings. The summed E-state index contributed by atoms with van der Waals surface area (Å²) < 4.78 is 10.7. The minimum Gasteiger partial charge on any atom is -0.432 e. The Hall–Kier alpha value is -3.68. The van der Waals surface area contributed by atoms with E-state index in [1.807, 2.05) is 0 Å². The van der Waals surface area contributed by atoms with E-state index < -0.39 is 24.4 Å². The first-order chi connectivity index (χ1) is 13.1. The highest BCUT2D eigenvalue weighted by atomic mass is 16.6. The van der Waals surface area contributed by atoms with Crippen molar-refractivity contribution in [3.8, 4) is 0 Å². The summed E-state index contributed by atoms with van der Waals surface area (Å²) in [6.45, 7) is -0.174. The van der Waals surface area contributed by atoms with Crippen LogP contribution in [0, 0.1) is 0 Å². The largest absolute Gasteiger partial charge is 0.432 e. The maximum Gasteiger partial charge on any atom is 0.340 e. The van der Waals surface area contributed by atoms with E-state index in [9.17, 15) is 19.2 Å². The maximum absolute atomic E-state index is 12.3. The van der Waals surface area contributed by atoms with Crippen molar-refractivity contribution in [2.24, 2.45) is 0 Å². The molecular weight excluding hydrogens is 352 g/mol. The van der Waals surface area contributed by atoms with Gasteiger partial charge in [0.1, 0.15) is 6.67 Å². The molecule has 0 radical (unpaired) electrons. The summed E-state index contributed by atoms with van der Waals surface area (Å²) in [7, 11) is 0. The van der Waals surface area contributed by atoms with E-state index in [4.69, 9.17) is 9.47 Å². The number of ether oxygens (including phenoxy) is 2. The number of carbonyl (C=O) groups is 4. The monoisotopic (exact) mass is 368 g/mol. The van der Waals surface area contributed by atoms with Crippen molar-refractivity contribution in [1.82, 2.24) is 9.80 Å². The Morgan fingerprint density at radius 1 is 0.741 bits per heavy atom. The lowest BCUT2D eigenvalue weighted by molar-refractivity contribution is -0.135. The molecule has 0 saturated carbocycles. The van der Waals surface area contributed by atoms with Gasteiger partial charge in [-0.05, 0) is 24.3 Å². The Labute approximate surface area is 154 Å². The molecule has 1 aliphatic heterocycles. The Balaban J connectivity index is 1.81. The molecule has 0 aromatic heterocycles. The van der Waals surface area contributed by atoms with Gasteiger partial charge in [-0.2, -0.15) is 0 Å². The van der Waals surface area contributed by atoms with Crippen molar-refractivity contribution in [1.29, 1.82) is 0 Å². The molecule has 0 unspecified atom stereocenters. The number of nitrogens with zero attached hydrogens (tertiary/aromatic N) is 2. The van der Waals surface area contributed by atoms with Crippen LogP contribution in [0.1, 0.15) is 20.7 Å². The van der Waals surface area contributed by atoms with E-state index in [1.165, 1.54) is 0 Å². The number of hydrogen-bond donors (Lipinski definition) is 0. The molecule has 1 saturated heterocycles. The lowest BCUT2D eigenvalue weighted by atomic mass is 10.2. The van der Waals surface area contributed by atoms with Gasteiger partial charge in [0.15, 0.2) is 0 Å². The fourth-order valence-electron chi connectivity index (χ4n) is 2.62. The minimum absolute atomic E-state index is 0.174. The summed E-state index contributed by atoms with van der Waals surface area (Å²) >= 11 is 0. The molecule has 1 heterocycles. The van der Waals surface area contributed by atoms with Crippen molar-refractivity contribution < 1.29 is 28.7 Å². The summed E-state index contributed by atoms with van der Waals surface area (Å²) in [6, 6.07) is 16.3. The predicted molar refractivity (Wildman–Crippen MR) is 92.0 cm³/mol. The lowest BCUT2D eigenvalue weighted by Gasteiger charge is -2.24. The van der Waals surface area contributed by atoms with Crippen LogP contribution >= 0.6 is 0 Å². The molecule has 1 fully saturated rings. The Bertz CT molecular complexity index is 757. The summed E-state index contributed by atoms with van der Waals surface area (Å²) in [5.74, 6) is -1.41. The van der Waals surface area contributed by atoms with Gasteiger partial charge in [-0.15, -0.1) is 0 Å². The first-order valence-electron chi connectivity index (χ1n) is 8.08. The number of rotatable bonds is 6. The molecule has 2 aromatic rings. The van der Waals surface area contributed by atoms with Crippen molar-refractivity contribution in [2.45, 2.75) is 12.5 Å². The molecule has 0 aliphatic carbocycles. The van der Waals surface area contributed by atoms with Crippen molar-refractivity contribution in [3.05, 3.63) is 71.8 Å². The Morgan fingerprint density at radius 3 is 1.44 bits per heavy atom. The number of hydrogen-bond acceptors (Lipinski definition) is 6. The second-order valence-electron chi connectivity index (χ2n) is 5.70. The van der Waals surface area contributed by atoms with E-state index in [0.717, 1.165) is 9.80 Å². The number of benzene rings is 2. The van der Waals surface area contributed by atoms with Gasteiger partial charge < -0.3 is 9.47 Å². The van der Waals surface area contributed by atoms with Gasteiger partial charge in [-0.1, -0.05) is 36.4 Å². The predicted octanol–water partition coefficient (Wildman–Crippen LogP) is 1.24. The van der Waals surface area contributed by atoms with Gasteiger partial charge in [-0.25, -0.2) is 9.59 Å².